The number of para-hydroxylation sites is 1. The zero-order valence-electron chi connectivity index (χ0n) is 17.9. The van der Waals surface area contributed by atoms with Gasteiger partial charge in [-0.2, -0.15) is 5.10 Å². The summed E-state index contributed by atoms with van der Waals surface area (Å²) in [6, 6.07) is 14.2. The molecule has 0 aliphatic carbocycles. The summed E-state index contributed by atoms with van der Waals surface area (Å²) in [7, 11) is 1.98. The predicted molar refractivity (Wildman–Crippen MR) is 121 cm³/mol. The third-order valence-corrected chi connectivity index (χ3v) is 6.16. The number of nitrogens with one attached hydrogen (secondary N) is 1. The van der Waals surface area contributed by atoms with Crippen molar-refractivity contribution in [2.75, 3.05) is 26.2 Å². The summed E-state index contributed by atoms with van der Waals surface area (Å²) in [6.45, 7) is 5.97. The molecule has 1 N–H and O–H groups in total. The lowest BCUT2D eigenvalue weighted by Gasteiger charge is -2.34. The highest BCUT2D eigenvalue weighted by Gasteiger charge is 2.25. The third kappa shape index (κ3) is 3.72. The molecule has 0 bridgehead atoms. The first-order chi connectivity index (χ1) is 15.1. The zero-order chi connectivity index (χ0) is 21.4. The van der Waals surface area contributed by atoms with Gasteiger partial charge in [-0.25, -0.2) is 0 Å². The summed E-state index contributed by atoms with van der Waals surface area (Å²) in [5, 5.41) is 5.76. The van der Waals surface area contributed by atoms with Crippen molar-refractivity contribution in [3.8, 4) is 11.3 Å². The smallest absolute Gasteiger partial charge is 0.270 e. The van der Waals surface area contributed by atoms with E-state index in [4.69, 9.17) is 0 Å². The van der Waals surface area contributed by atoms with E-state index in [-0.39, 0.29) is 5.91 Å². The number of aryl methyl sites for hydroxylation is 2. The lowest BCUT2D eigenvalue weighted by atomic mass is 10.1. The number of fused-ring (bicyclic) bond motifs is 1. The maximum atomic E-state index is 13.1. The molecule has 5 rings (SSSR count). The number of carbonyl (C=O) groups is 1. The maximum absolute atomic E-state index is 13.1. The number of hydrogen-bond acceptors (Lipinski definition) is 4. The molecule has 1 amide bonds. The number of piperazine rings is 1. The van der Waals surface area contributed by atoms with Crippen molar-refractivity contribution < 1.29 is 4.79 Å². The molecular formula is C24H26N6O. The van der Waals surface area contributed by atoms with E-state index in [2.05, 4.69) is 32.1 Å². The standard InChI is InChI=1S/C24H26N6O/c1-17-20-7-3-4-8-21(20)26-23(17)24(31)30-12-10-29(11-13-30)16-19-14-22(27-28(19)2)18-6-5-9-25-15-18/h3-9,14-15,26H,10-13,16H2,1-2H3. The fraction of sp³-hybridized carbons (Fsp3) is 0.292. The van der Waals surface area contributed by atoms with Crippen LogP contribution < -0.4 is 0 Å². The number of pyridine rings is 1. The predicted octanol–water partition coefficient (Wildman–Crippen LogP) is 3.23. The van der Waals surface area contributed by atoms with E-state index >= 15 is 0 Å². The van der Waals surface area contributed by atoms with Crippen molar-refractivity contribution in [1.29, 1.82) is 0 Å². The summed E-state index contributed by atoms with van der Waals surface area (Å²) in [5.41, 5.74) is 5.87. The monoisotopic (exact) mass is 414 g/mol. The molecule has 1 aromatic carbocycles. The van der Waals surface area contributed by atoms with E-state index in [0.29, 0.717) is 5.69 Å². The molecule has 1 aliphatic heterocycles. The number of amides is 1. The fourth-order valence-electron chi connectivity index (χ4n) is 4.30. The van der Waals surface area contributed by atoms with Crippen molar-refractivity contribution in [2.24, 2.45) is 7.05 Å². The van der Waals surface area contributed by atoms with Crippen LogP contribution >= 0.6 is 0 Å². The number of hydrogen-bond donors (Lipinski definition) is 1. The van der Waals surface area contributed by atoms with Gasteiger partial charge in [-0.3, -0.25) is 19.4 Å². The Morgan fingerprint density at radius 2 is 1.90 bits per heavy atom. The number of H-pyrrole nitrogens is 1. The van der Waals surface area contributed by atoms with Gasteiger partial charge in [0.05, 0.1) is 11.4 Å². The average Bonchev–Trinajstić information content (AvgIpc) is 3.34. The van der Waals surface area contributed by atoms with E-state index in [0.717, 1.165) is 66.1 Å². The molecular weight excluding hydrogens is 388 g/mol. The zero-order valence-corrected chi connectivity index (χ0v) is 17.9. The van der Waals surface area contributed by atoms with Gasteiger partial charge in [0, 0.05) is 68.6 Å². The molecule has 1 saturated heterocycles. The topological polar surface area (TPSA) is 70.1 Å². The summed E-state index contributed by atoms with van der Waals surface area (Å²) >= 11 is 0. The molecule has 7 heteroatoms. The molecule has 158 valence electrons. The number of carbonyl (C=O) groups excluding carboxylic acids is 1. The number of aromatic amines is 1. The third-order valence-electron chi connectivity index (χ3n) is 6.16. The van der Waals surface area contributed by atoms with Gasteiger partial charge in [0.2, 0.25) is 0 Å². The van der Waals surface area contributed by atoms with Gasteiger partial charge in [0.25, 0.3) is 5.91 Å². The normalized spacial score (nSPS) is 15.0. The molecule has 31 heavy (non-hydrogen) atoms. The molecule has 1 aliphatic rings. The van der Waals surface area contributed by atoms with E-state index < -0.39 is 0 Å². The summed E-state index contributed by atoms with van der Waals surface area (Å²) < 4.78 is 1.94. The lowest BCUT2D eigenvalue weighted by Crippen LogP contribution is -2.48. The first kappa shape index (κ1) is 19.5. The van der Waals surface area contributed by atoms with Gasteiger partial charge < -0.3 is 9.88 Å². The first-order valence-corrected chi connectivity index (χ1v) is 10.6. The SMILES string of the molecule is Cc1c(C(=O)N2CCN(Cc3cc(-c4cccnc4)nn3C)CC2)[nH]c2ccccc12. The maximum Gasteiger partial charge on any atom is 0.270 e. The van der Waals surface area contributed by atoms with E-state index in [1.165, 1.54) is 0 Å². The Labute approximate surface area is 181 Å². The lowest BCUT2D eigenvalue weighted by molar-refractivity contribution is 0.0620. The molecule has 0 unspecified atom stereocenters. The Morgan fingerprint density at radius 1 is 1.10 bits per heavy atom. The Balaban J connectivity index is 1.24. The van der Waals surface area contributed by atoms with Crippen LogP contribution in [-0.2, 0) is 13.6 Å². The van der Waals surface area contributed by atoms with Crippen LogP contribution in [0.2, 0.25) is 0 Å². The van der Waals surface area contributed by atoms with Gasteiger partial charge >= 0.3 is 0 Å². The fourth-order valence-corrected chi connectivity index (χ4v) is 4.30. The van der Waals surface area contributed by atoms with Gasteiger partial charge in [-0.15, -0.1) is 0 Å². The molecule has 4 heterocycles. The van der Waals surface area contributed by atoms with Gasteiger partial charge in [-0.05, 0) is 36.8 Å². The largest absolute Gasteiger partial charge is 0.350 e. The summed E-state index contributed by atoms with van der Waals surface area (Å²) in [6.07, 6.45) is 3.61. The number of aromatic nitrogens is 4. The minimum atomic E-state index is 0.0905. The molecule has 7 nitrogen and oxygen atoms in total. The summed E-state index contributed by atoms with van der Waals surface area (Å²) in [5.74, 6) is 0.0905. The van der Waals surface area contributed by atoms with Crippen LogP contribution in [0.4, 0.5) is 0 Å². The second-order valence-electron chi connectivity index (χ2n) is 8.13. The van der Waals surface area contributed by atoms with Crippen molar-refractivity contribution in [2.45, 2.75) is 13.5 Å². The Bertz CT molecular complexity index is 1220. The molecule has 0 atom stereocenters. The second kappa shape index (κ2) is 8.00. The highest BCUT2D eigenvalue weighted by molar-refractivity contribution is 6.00. The average molecular weight is 415 g/mol. The van der Waals surface area contributed by atoms with E-state index in [1.54, 1.807) is 6.20 Å². The highest BCUT2D eigenvalue weighted by Crippen LogP contribution is 2.23. The molecule has 1 fully saturated rings. The van der Waals surface area contributed by atoms with E-state index in [9.17, 15) is 4.79 Å². The van der Waals surface area contributed by atoms with Gasteiger partial charge in [-0.1, -0.05) is 18.2 Å². The van der Waals surface area contributed by atoms with Crippen LogP contribution in [0.15, 0.2) is 54.9 Å². The van der Waals surface area contributed by atoms with Crippen LogP contribution in [-0.4, -0.2) is 61.6 Å². The number of nitrogens with zero attached hydrogens (tertiary/aromatic N) is 5. The Morgan fingerprint density at radius 3 is 2.65 bits per heavy atom. The second-order valence-corrected chi connectivity index (χ2v) is 8.13. The minimum Gasteiger partial charge on any atom is -0.350 e. The van der Waals surface area contributed by atoms with Crippen LogP contribution in [0.25, 0.3) is 22.2 Å². The molecule has 3 aromatic heterocycles. The minimum absolute atomic E-state index is 0.0905. The van der Waals surface area contributed by atoms with Crippen LogP contribution in [0.1, 0.15) is 21.7 Å². The van der Waals surface area contributed by atoms with Crippen molar-refractivity contribution >= 4 is 16.8 Å². The highest BCUT2D eigenvalue weighted by atomic mass is 16.2. The van der Waals surface area contributed by atoms with E-state index in [1.807, 2.05) is 60.1 Å². The number of benzene rings is 1. The van der Waals surface area contributed by atoms with Crippen molar-refractivity contribution in [3.05, 3.63) is 71.8 Å². The van der Waals surface area contributed by atoms with Crippen LogP contribution in [0, 0.1) is 6.92 Å². The van der Waals surface area contributed by atoms with Crippen molar-refractivity contribution in [3.63, 3.8) is 0 Å². The van der Waals surface area contributed by atoms with Crippen LogP contribution in [0.5, 0.6) is 0 Å². The molecule has 0 radical (unpaired) electrons. The van der Waals surface area contributed by atoms with Crippen LogP contribution in [0.3, 0.4) is 0 Å². The molecule has 4 aromatic rings. The van der Waals surface area contributed by atoms with Crippen molar-refractivity contribution in [1.82, 2.24) is 29.5 Å². The quantitative estimate of drug-likeness (QED) is 0.557. The molecule has 0 saturated carbocycles. The summed E-state index contributed by atoms with van der Waals surface area (Å²) in [4.78, 5) is 25.0. The molecule has 0 spiro atoms. The Kier molecular flexibility index (Phi) is 5.03. The first-order valence-electron chi connectivity index (χ1n) is 10.6. The van der Waals surface area contributed by atoms with Gasteiger partial charge in [0.15, 0.2) is 0 Å². The van der Waals surface area contributed by atoms with Gasteiger partial charge in [0.1, 0.15) is 5.69 Å². The Hall–Kier alpha value is -3.45. The number of rotatable bonds is 4.